The predicted molar refractivity (Wildman–Crippen MR) is 156 cm³/mol. The van der Waals surface area contributed by atoms with E-state index < -0.39 is 30.2 Å². The average molecular weight is 602 g/mol. The number of nitrogens with zero attached hydrogens (tertiary/aromatic N) is 2. The number of carboxylic acids is 1. The Hall–Kier alpha value is -3.77. The number of amides is 3. The number of hydrogen-bond donors (Lipinski definition) is 2. The van der Waals surface area contributed by atoms with Gasteiger partial charge in [0.25, 0.3) is 0 Å². The molecule has 10 nitrogen and oxygen atoms in total. The fourth-order valence-electron chi connectivity index (χ4n) is 4.43. The Labute approximate surface area is 247 Å². The Bertz CT molecular complexity index is 1250. The maximum absolute atomic E-state index is 13.4. The van der Waals surface area contributed by atoms with E-state index in [-0.39, 0.29) is 19.8 Å². The first kappa shape index (κ1) is 30.2. The van der Waals surface area contributed by atoms with Gasteiger partial charge >= 0.3 is 18.1 Å². The zero-order valence-corrected chi connectivity index (χ0v) is 24.7. The highest BCUT2D eigenvalue weighted by molar-refractivity contribution is 7.10. The second kappa shape index (κ2) is 14.7. The van der Waals surface area contributed by atoms with E-state index in [9.17, 15) is 19.5 Å². The SMILES string of the molecule is CCCC[C@@H](COC(=O)N(Cc1cccs1)Cc1cccs1)N(C)C(=O)N[C@H](CC(=O)O)c1ccc2c(c1)OCO2. The third-order valence-electron chi connectivity index (χ3n) is 6.75. The minimum absolute atomic E-state index is 0.0156. The zero-order chi connectivity index (χ0) is 29.2. The summed E-state index contributed by atoms with van der Waals surface area (Å²) in [5.41, 5.74) is 0.590. The maximum atomic E-state index is 13.4. The molecule has 0 radical (unpaired) electrons. The van der Waals surface area contributed by atoms with Gasteiger partial charge in [-0.3, -0.25) is 9.69 Å². The summed E-state index contributed by atoms with van der Waals surface area (Å²) in [5, 5.41) is 16.3. The molecule has 0 saturated heterocycles. The molecule has 1 aromatic carbocycles. The standard InChI is InChI=1S/C29H35N3O7S2/c1-3-4-7-21(18-37-29(36)32(16-22-8-5-12-40-22)17-23-9-6-13-41-23)31(2)28(35)30-24(15-27(33)34)20-10-11-25-26(14-20)39-19-38-25/h5-6,8-14,21,24H,3-4,7,15-19H2,1-2H3,(H,30,35)(H,33,34)/t21-,24+/m0/s1. The number of unbranched alkanes of at least 4 members (excludes halogenated alkanes) is 1. The summed E-state index contributed by atoms with van der Waals surface area (Å²) in [6, 6.07) is 11.3. The van der Waals surface area contributed by atoms with Crippen molar-refractivity contribution in [3.8, 4) is 11.5 Å². The van der Waals surface area contributed by atoms with Crippen LogP contribution in [-0.4, -0.2) is 59.5 Å². The zero-order valence-electron chi connectivity index (χ0n) is 23.1. The van der Waals surface area contributed by atoms with Crippen LogP contribution in [0.15, 0.2) is 53.2 Å². The molecule has 3 aromatic rings. The van der Waals surface area contributed by atoms with Crippen molar-refractivity contribution in [2.75, 3.05) is 20.4 Å². The molecule has 0 aliphatic carbocycles. The number of benzene rings is 1. The van der Waals surface area contributed by atoms with Gasteiger partial charge in [0.2, 0.25) is 6.79 Å². The average Bonchev–Trinajstić information content (AvgIpc) is 3.75. The third-order valence-corrected chi connectivity index (χ3v) is 8.47. The van der Waals surface area contributed by atoms with Crippen LogP contribution in [0.25, 0.3) is 0 Å². The number of urea groups is 1. The largest absolute Gasteiger partial charge is 0.481 e. The molecule has 1 aliphatic rings. The molecule has 3 heterocycles. The van der Waals surface area contributed by atoms with E-state index in [1.165, 1.54) is 4.90 Å². The molecule has 41 heavy (non-hydrogen) atoms. The van der Waals surface area contributed by atoms with Crippen molar-refractivity contribution in [3.63, 3.8) is 0 Å². The number of nitrogens with one attached hydrogen (secondary N) is 1. The minimum atomic E-state index is -1.05. The van der Waals surface area contributed by atoms with Crippen LogP contribution in [0.5, 0.6) is 11.5 Å². The van der Waals surface area contributed by atoms with Gasteiger partial charge in [0.1, 0.15) is 6.61 Å². The van der Waals surface area contributed by atoms with Gasteiger partial charge in [-0.25, -0.2) is 9.59 Å². The lowest BCUT2D eigenvalue weighted by atomic mass is 10.0. The van der Waals surface area contributed by atoms with Crippen molar-refractivity contribution < 1.29 is 33.7 Å². The summed E-state index contributed by atoms with van der Waals surface area (Å²) in [6.07, 6.45) is 1.59. The topological polar surface area (TPSA) is 118 Å². The van der Waals surface area contributed by atoms with E-state index in [0.29, 0.717) is 36.6 Å². The lowest BCUT2D eigenvalue weighted by Gasteiger charge is -2.31. The first-order chi connectivity index (χ1) is 19.8. The molecule has 2 aromatic heterocycles. The highest BCUT2D eigenvalue weighted by Crippen LogP contribution is 2.35. The maximum Gasteiger partial charge on any atom is 0.410 e. The third kappa shape index (κ3) is 8.61. The number of hydrogen-bond acceptors (Lipinski definition) is 8. The number of fused-ring (bicyclic) bond motifs is 1. The van der Waals surface area contributed by atoms with E-state index in [4.69, 9.17) is 14.2 Å². The number of likely N-dealkylation sites (N-methyl/N-ethyl adjacent to an activating group) is 1. The quantitative estimate of drug-likeness (QED) is 0.230. The molecule has 1 aliphatic heterocycles. The summed E-state index contributed by atoms with van der Waals surface area (Å²) in [4.78, 5) is 43.5. The summed E-state index contributed by atoms with van der Waals surface area (Å²) >= 11 is 3.15. The molecular formula is C29H35N3O7S2. The fraction of sp³-hybridized carbons (Fsp3) is 0.414. The Morgan fingerprint density at radius 1 is 1.05 bits per heavy atom. The van der Waals surface area contributed by atoms with Gasteiger partial charge in [-0.1, -0.05) is 38.0 Å². The number of carbonyl (C=O) groups excluding carboxylic acids is 2. The van der Waals surface area contributed by atoms with Gasteiger partial charge in [0.15, 0.2) is 11.5 Å². The van der Waals surface area contributed by atoms with Crippen molar-refractivity contribution in [1.29, 1.82) is 0 Å². The van der Waals surface area contributed by atoms with Gasteiger partial charge in [-0.05, 0) is 47.0 Å². The molecule has 2 N–H and O–H groups in total. The smallest absolute Gasteiger partial charge is 0.410 e. The number of thiophene rings is 2. The molecular weight excluding hydrogens is 566 g/mol. The van der Waals surface area contributed by atoms with Crippen molar-refractivity contribution in [1.82, 2.24) is 15.1 Å². The minimum Gasteiger partial charge on any atom is -0.481 e. The van der Waals surface area contributed by atoms with Gasteiger partial charge < -0.3 is 29.5 Å². The highest BCUT2D eigenvalue weighted by Gasteiger charge is 2.27. The Balaban J connectivity index is 1.42. The van der Waals surface area contributed by atoms with Gasteiger partial charge in [-0.2, -0.15) is 0 Å². The number of carboxylic acid groups (broad SMARTS) is 1. The second-order valence-corrected chi connectivity index (χ2v) is 11.8. The van der Waals surface area contributed by atoms with Crippen molar-refractivity contribution >= 4 is 40.8 Å². The van der Waals surface area contributed by atoms with Crippen molar-refractivity contribution in [2.45, 2.75) is 57.8 Å². The lowest BCUT2D eigenvalue weighted by molar-refractivity contribution is -0.137. The van der Waals surface area contributed by atoms with Crippen LogP contribution in [0.2, 0.25) is 0 Å². The Morgan fingerprint density at radius 2 is 1.73 bits per heavy atom. The number of carbonyl (C=O) groups is 3. The van der Waals surface area contributed by atoms with Crippen molar-refractivity contribution in [2.24, 2.45) is 0 Å². The predicted octanol–water partition coefficient (Wildman–Crippen LogP) is 6.09. The second-order valence-electron chi connectivity index (χ2n) is 9.71. The first-order valence-electron chi connectivity index (χ1n) is 13.4. The lowest BCUT2D eigenvalue weighted by Crippen LogP contribution is -2.47. The van der Waals surface area contributed by atoms with E-state index >= 15 is 0 Å². The van der Waals surface area contributed by atoms with E-state index in [1.54, 1.807) is 52.8 Å². The molecule has 0 unspecified atom stereocenters. The summed E-state index contributed by atoms with van der Waals surface area (Å²) in [5.74, 6) is 0.0199. The monoisotopic (exact) mass is 601 g/mol. The van der Waals surface area contributed by atoms with Gasteiger partial charge in [0.05, 0.1) is 31.6 Å². The summed E-state index contributed by atoms with van der Waals surface area (Å²) in [6.45, 7) is 3.01. The van der Waals surface area contributed by atoms with Crippen LogP contribution >= 0.6 is 22.7 Å². The molecule has 0 fully saturated rings. The van der Waals surface area contributed by atoms with E-state index in [0.717, 1.165) is 22.6 Å². The van der Waals surface area contributed by atoms with Crippen molar-refractivity contribution in [3.05, 3.63) is 68.5 Å². The summed E-state index contributed by atoms with van der Waals surface area (Å²) in [7, 11) is 1.63. The first-order valence-corrected chi connectivity index (χ1v) is 15.2. The molecule has 4 rings (SSSR count). The Kier molecular flexibility index (Phi) is 10.9. The molecule has 0 saturated carbocycles. The van der Waals surface area contributed by atoms with Crippen LogP contribution in [-0.2, 0) is 22.6 Å². The molecule has 220 valence electrons. The van der Waals surface area contributed by atoms with Crippen LogP contribution < -0.4 is 14.8 Å². The van der Waals surface area contributed by atoms with E-state index in [1.807, 2.05) is 35.0 Å². The molecule has 0 bridgehead atoms. The number of aliphatic carboxylic acids is 1. The molecule has 2 atom stereocenters. The van der Waals surface area contributed by atoms with Crippen LogP contribution in [0.1, 0.15) is 54.0 Å². The van der Waals surface area contributed by atoms with Crippen LogP contribution in [0, 0.1) is 0 Å². The van der Waals surface area contributed by atoms with Gasteiger partial charge in [0, 0.05) is 16.8 Å². The molecule has 12 heteroatoms. The van der Waals surface area contributed by atoms with Gasteiger partial charge in [-0.15, -0.1) is 22.7 Å². The fourth-order valence-corrected chi connectivity index (χ4v) is 5.87. The van der Waals surface area contributed by atoms with Crippen LogP contribution in [0.4, 0.5) is 9.59 Å². The van der Waals surface area contributed by atoms with Crippen LogP contribution in [0.3, 0.4) is 0 Å². The molecule has 0 spiro atoms. The number of ether oxygens (including phenoxy) is 3. The number of rotatable bonds is 14. The normalized spacial score (nSPS) is 13.3. The Morgan fingerprint density at radius 3 is 2.34 bits per heavy atom. The van der Waals surface area contributed by atoms with E-state index in [2.05, 4.69) is 12.2 Å². The molecule has 3 amide bonds. The highest BCUT2D eigenvalue weighted by atomic mass is 32.1. The summed E-state index contributed by atoms with van der Waals surface area (Å²) < 4.78 is 16.6.